The van der Waals surface area contributed by atoms with Gasteiger partial charge in [0.05, 0.1) is 6.10 Å². The van der Waals surface area contributed by atoms with Gasteiger partial charge in [0.1, 0.15) is 11.6 Å². The van der Waals surface area contributed by atoms with Gasteiger partial charge in [0.2, 0.25) is 5.91 Å². The van der Waals surface area contributed by atoms with Crippen molar-refractivity contribution in [1.82, 2.24) is 4.90 Å². The minimum absolute atomic E-state index is 0.159. The van der Waals surface area contributed by atoms with Crippen LogP contribution in [-0.4, -0.2) is 35.1 Å². The van der Waals surface area contributed by atoms with Gasteiger partial charge in [0.15, 0.2) is 0 Å². The number of hydrogen-bond acceptors (Lipinski definition) is 2. The highest BCUT2D eigenvalue weighted by Gasteiger charge is 2.26. The molecule has 1 fully saturated rings. The number of carbonyl (C=O) groups excluding carboxylic acids is 1. The Balaban J connectivity index is 2.06. The average Bonchev–Trinajstić information content (AvgIpc) is 2.41. The van der Waals surface area contributed by atoms with Crippen LogP contribution in [0.1, 0.15) is 18.9 Å². The number of likely N-dealkylation sites (tertiary alicyclic amines) is 1. The zero-order chi connectivity index (χ0) is 14.7. The summed E-state index contributed by atoms with van der Waals surface area (Å²) in [5.41, 5.74) is -0.230. The fourth-order valence-electron chi connectivity index (χ4n) is 2.18. The fraction of sp³-hybridized carbons (Fsp3) is 0.400. The molecule has 1 amide bonds. The highest BCUT2D eigenvalue weighted by Crippen LogP contribution is 2.18. The summed E-state index contributed by atoms with van der Waals surface area (Å²) >= 11 is 0. The number of amides is 1. The van der Waals surface area contributed by atoms with Crippen LogP contribution in [0, 0.1) is 17.6 Å². The third-order valence-corrected chi connectivity index (χ3v) is 3.62. The van der Waals surface area contributed by atoms with Crippen LogP contribution in [0.4, 0.5) is 8.78 Å². The first-order valence-corrected chi connectivity index (χ1v) is 6.58. The first kappa shape index (κ1) is 14.7. The second-order valence-corrected chi connectivity index (χ2v) is 5.09. The van der Waals surface area contributed by atoms with Crippen LogP contribution >= 0.6 is 0 Å². The summed E-state index contributed by atoms with van der Waals surface area (Å²) in [4.78, 5) is 13.4. The predicted molar refractivity (Wildman–Crippen MR) is 71.8 cm³/mol. The number of nitrogens with zero attached hydrogens (tertiary/aromatic N) is 1. The largest absolute Gasteiger partial charge is 0.391 e. The van der Waals surface area contributed by atoms with Crippen molar-refractivity contribution in [1.29, 1.82) is 0 Å². The number of halogens is 2. The van der Waals surface area contributed by atoms with E-state index in [9.17, 15) is 18.7 Å². The number of rotatable bonds is 2. The quantitative estimate of drug-likeness (QED) is 0.844. The number of hydrogen-bond donors (Lipinski definition) is 1. The molecule has 2 unspecified atom stereocenters. The lowest BCUT2D eigenvalue weighted by Gasteiger charge is -2.33. The van der Waals surface area contributed by atoms with E-state index < -0.39 is 17.7 Å². The Morgan fingerprint density at radius 3 is 2.65 bits per heavy atom. The van der Waals surface area contributed by atoms with Crippen LogP contribution in [0.25, 0.3) is 6.08 Å². The lowest BCUT2D eigenvalue weighted by molar-refractivity contribution is -0.130. The number of β-amino-alcohol motifs (C(OH)–C–C–N with tert-alkyl or cyclic N) is 1. The second kappa shape index (κ2) is 6.13. The summed E-state index contributed by atoms with van der Waals surface area (Å²) in [6.07, 6.45) is 2.45. The molecule has 2 atom stereocenters. The summed E-state index contributed by atoms with van der Waals surface area (Å²) < 4.78 is 26.8. The molecular weight excluding hydrogens is 264 g/mol. The lowest BCUT2D eigenvalue weighted by atomic mass is 9.96. The van der Waals surface area contributed by atoms with Gasteiger partial charge < -0.3 is 10.0 Å². The Hall–Kier alpha value is -1.75. The van der Waals surface area contributed by atoms with Gasteiger partial charge in [-0.25, -0.2) is 8.78 Å². The van der Waals surface area contributed by atoms with Crippen molar-refractivity contribution in [3.8, 4) is 0 Å². The van der Waals surface area contributed by atoms with E-state index in [4.69, 9.17) is 0 Å². The van der Waals surface area contributed by atoms with E-state index in [1.165, 1.54) is 11.0 Å². The maximum atomic E-state index is 13.4. The zero-order valence-electron chi connectivity index (χ0n) is 11.2. The van der Waals surface area contributed by atoms with Gasteiger partial charge in [-0.05, 0) is 30.5 Å². The highest BCUT2D eigenvalue weighted by molar-refractivity contribution is 5.91. The maximum Gasteiger partial charge on any atom is 0.246 e. The van der Waals surface area contributed by atoms with Gasteiger partial charge >= 0.3 is 0 Å². The molecule has 1 aromatic rings. The number of piperidine rings is 1. The van der Waals surface area contributed by atoms with Gasteiger partial charge in [0, 0.05) is 24.7 Å². The molecule has 0 spiro atoms. The summed E-state index contributed by atoms with van der Waals surface area (Å²) in [5, 5.41) is 9.73. The van der Waals surface area contributed by atoms with Crippen molar-refractivity contribution >= 4 is 12.0 Å². The van der Waals surface area contributed by atoms with E-state index in [0.717, 1.165) is 30.7 Å². The molecule has 1 aliphatic rings. The van der Waals surface area contributed by atoms with Crippen molar-refractivity contribution in [2.24, 2.45) is 5.92 Å². The van der Waals surface area contributed by atoms with Crippen LogP contribution in [0.2, 0.25) is 0 Å². The Morgan fingerprint density at radius 1 is 1.40 bits per heavy atom. The molecule has 108 valence electrons. The molecule has 1 aliphatic heterocycles. The van der Waals surface area contributed by atoms with Crippen molar-refractivity contribution in [2.75, 3.05) is 13.1 Å². The van der Waals surface area contributed by atoms with E-state index in [-0.39, 0.29) is 23.9 Å². The molecule has 3 nitrogen and oxygen atoms in total. The molecule has 0 radical (unpaired) electrons. The Labute approximate surface area is 116 Å². The maximum absolute atomic E-state index is 13.4. The predicted octanol–water partition coefficient (Wildman–Crippen LogP) is 2.21. The van der Waals surface area contributed by atoms with Crippen LogP contribution in [0.15, 0.2) is 24.3 Å². The number of aliphatic hydroxyl groups excluding tert-OH is 1. The van der Waals surface area contributed by atoms with E-state index >= 15 is 0 Å². The molecular formula is C15H17F2NO2. The Bertz CT molecular complexity index is 510. The monoisotopic (exact) mass is 281 g/mol. The molecule has 0 aromatic heterocycles. The van der Waals surface area contributed by atoms with Crippen LogP contribution in [-0.2, 0) is 4.79 Å². The number of benzene rings is 1. The van der Waals surface area contributed by atoms with E-state index in [0.29, 0.717) is 6.54 Å². The van der Waals surface area contributed by atoms with Crippen LogP contribution in [0.5, 0.6) is 0 Å². The molecule has 20 heavy (non-hydrogen) atoms. The smallest absolute Gasteiger partial charge is 0.246 e. The normalized spacial score (nSPS) is 23.3. The molecule has 0 aliphatic carbocycles. The summed E-state index contributed by atoms with van der Waals surface area (Å²) in [5.74, 6) is -1.60. The van der Waals surface area contributed by atoms with Gasteiger partial charge in [-0.1, -0.05) is 13.0 Å². The van der Waals surface area contributed by atoms with E-state index in [2.05, 4.69) is 0 Å². The topological polar surface area (TPSA) is 40.5 Å². The molecule has 1 aromatic carbocycles. The van der Waals surface area contributed by atoms with Crippen LogP contribution in [0.3, 0.4) is 0 Å². The third kappa shape index (κ3) is 3.22. The van der Waals surface area contributed by atoms with Gasteiger partial charge in [-0.15, -0.1) is 0 Å². The fourth-order valence-corrected chi connectivity index (χ4v) is 2.18. The summed E-state index contributed by atoms with van der Waals surface area (Å²) in [6, 6.07) is 3.55. The molecule has 0 saturated carbocycles. The molecule has 1 N–H and O–H groups in total. The van der Waals surface area contributed by atoms with Crippen LogP contribution < -0.4 is 0 Å². The van der Waals surface area contributed by atoms with Gasteiger partial charge in [-0.2, -0.15) is 0 Å². The first-order chi connectivity index (χ1) is 9.49. The Morgan fingerprint density at radius 2 is 2.05 bits per heavy atom. The minimum atomic E-state index is -0.707. The van der Waals surface area contributed by atoms with Gasteiger partial charge in [-0.3, -0.25) is 4.79 Å². The molecule has 0 bridgehead atoms. The first-order valence-electron chi connectivity index (χ1n) is 6.58. The number of aliphatic hydroxyl groups is 1. The van der Waals surface area contributed by atoms with Gasteiger partial charge in [0.25, 0.3) is 0 Å². The second-order valence-electron chi connectivity index (χ2n) is 5.09. The lowest BCUT2D eigenvalue weighted by Crippen LogP contribution is -2.45. The molecule has 5 heteroatoms. The Kier molecular flexibility index (Phi) is 4.49. The SMILES string of the molecule is CC1CCN(C(=O)/C=C/c2c(F)cccc2F)CC1O. The highest BCUT2D eigenvalue weighted by atomic mass is 19.1. The molecule has 2 rings (SSSR count). The summed E-state index contributed by atoms with van der Waals surface area (Å²) in [6.45, 7) is 2.72. The standard InChI is InChI=1S/C15H17F2NO2/c1-10-7-8-18(9-14(10)19)15(20)6-5-11-12(16)3-2-4-13(11)17/h2-6,10,14,19H,7-9H2,1H3/b6-5+. The molecule has 1 heterocycles. The minimum Gasteiger partial charge on any atom is -0.391 e. The molecule has 1 saturated heterocycles. The third-order valence-electron chi connectivity index (χ3n) is 3.62. The van der Waals surface area contributed by atoms with Crippen molar-refractivity contribution in [3.63, 3.8) is 0 Å². The van der Waals surface area contributed by atoms with Crippen molar-refractivity contribution < 1.29 is 18.7 Å². The van der Waals surface area contributed by atoms with Crippen molar-refractivity contribution in [3.05, 3.63) is 41.5 Å². The number of carbonyl (C=O) groups is 1. The van der Waals surface area contributed by atoms with E-state index in [1.54, 1.807) is 0 Å². The van der Waals surface area contributed by atoms with E-state index in [1.807, 2.05) is 6.92 Å². The zero-order valence-corrected chi connectivity index (χ0v) is 11.2. The van der Waals surface area contributed by atoms with Crippen molar-refractivity contribution in [2.45, 2.75) is 19.4 Å². The summed E-state index contributed by atoms with van der Waals surface area (Å²) in [7, 11) is 0. The average molecular weight is 281 g/mol.